The van der Waals surface area contributed by atoms with E-state index in [1.807, 2.05) is 6.07 Å². The van der Waals surface area contributed by atoms with Crippen molar-refractivity contribution >= 4 is 22.6 Å². The summed E-state index contributed by atoms with van der Waals surface area (Å²) in [7, 11) is 0. The smallest absolute Gasteiger partial charge is 0.257 e. The lowest BCUT2D eigenvalue weighted by atomic mass is 10.1. The molecule has 1 amide bonds. The Hall–Kier alpha value is -2.30. The third-order valence-electron chi connectivity index (χ3n) is 1.98. The number of benzene rings is 1. The van der Waals surface area contributed by atoms with E-state index in [-0.39, 0.29) is 12.5 Å². The van der Waals surface area contributed by atoms with E-state index < -0.39 is 0 Å². The van der Waals surface area contributed by atoms with Crippen LogP contribution in [-0.2, 0) is 0 Å². The first-order valence-electron chi connectivity index (χ1n) is 5.05. The molecule has 7 heteroatoms. The fourth-order valence-corrected chi connectivity index (χ4v) is 1.60. The first kappa shape index (κ1) is 12.2. The van der Waals surface area contributed by atoms with Gasteiger partial charge in [-0.1, -0.05) is 27.5 Å². The van der Waals surface area contributed by atoms with Gasteiger partial charge in [0.05, 0.1) is 6.54 Å². The van der Waals surface area contributed by atoms with E-state index in [2.05, 4.69) is 32.0 Å². The molecule has 2 rings (SSSR count). The molecule has 0 spiro atoms. The van der Waals surface area contributed by atoms with Crippen molar-refractivity contribution in [2.75, 3.05) is 11.9 Å². The Morgan fingerprint density at radius 2 is 2.39 bits per heavy atom. The van der Waals surface area contributed by atoms with Crippen LogP contribution in [-0.4, -0.2) is 27.3 Å². The number of rotatable bonds is 2. The number of aromatic nitrogens is 3. The van der Waals surface area contributed by atoms with Gasteiger partial charge < -0.3 is 5.73 Å². The largest absolute Gasteiger partial charge is 0.320 e. The minimum Gasteiger partial charge on any atom is -0.320 e. The molecule has 0 atom stereocenters. The highest BCUT2D eigenvalue weighted by atomic mass is 32.1. The van der Waals surface area contributed by atoms with E-state index in [1.54, 1.807) is 18.2 Å². The fourth-order valence-electron chi connectivity index (χ4n) is 1.24. The monoisotopic (exact) mass is 259 g/mol. The Labute approximate surface area is 107 Å². The highest BCUT2D eigenvalue weighted by Gasteiger charge is 2.08. The topological polar surface area (TPSA) is 93.8 Å². The predicted octanol–water partition coefficient (Wildman–Crippen LogP) is 0.496. The molecule has 3 N–H and O–H groups in total. The van der Waals surface area contributed by atoms with Gasteiger partial charge in [0.2, 0.25) is 5.13 Å². The highest BCUT2D eigenvalue weighted by Crippen LogP contribution is 2.09. The van der Waals surface area contributed by atoms with Gasteiger partial charge in [0.15, 0.2) is 0 Å². The molecule has 0 saturated heterocycles. The zero-order valence-electron chi connectivity index (χ0n) is 9.25. The first-order chi connectivity index (χ1) is 8.79. The van der Waals surface area contributed by atoms with Gasteiger partial charge in [-0.2, -0.15) is 0 Å². The summed E-state index contributed by atoms with van der Waals surface area (Å²) in [6, 6.07) is 6.95. The van der Waals surface area contributed by atoms with Gasteiger partial charge in [0.25, 0.3) is 5.91 Å². The maximum Gasteiger partial charge on any atom is 0.257 e. The molecule has 90 valence electrons. The van der Waals surface area contributed by atoms with Crippen molar-refractivity contribution < 1.29 is 4.79 Å². The quantitative estimate of drug-likeness (QED) is 0.766. The maximum atomic E-state index is 11.9. The van der Waals surface area contributed by atoms with Crippen LogP contribution in [0.25, 0.3) is 0 Å². The summed E-state index contributed by atoms with van der Waals surface area (Å²) in [5.74, 6) is 5.32. The Balaban J connectivity index is 2.15. The van der Waals surface area contributed by atoms with E-state index >= 15 is 0 Å². The van der Waals surface area contributed by atoms with E-state index in [4.69, 9.17) is 5.73 Å². The van der Waals surface area contributed by atoms with Crippen molar-refractivity contribution in [1.82, 2.24) is 14.8 Å². The molecule has 2 aromatic rings. The molecule has 0 aliphatic heterocycles. The van der Waals surface area contributed by atoms with Crippen LogP contribution >= 0.6 is 11.5 Å². The van der Waals surface area contributed by atoms with Gasteiger partial charge in [0.1, 0.15) is 0 Å². The van der Waals surface area contributed by atoms with Crippen molar-refractivity contribution in [2.45, 2.75) is 0 Å². The van der Waals surface area contributed by atoms with Gasteiger partial charge >= 0.3 is 0 Å². The van der Waals surface area contributed by atoms with Crippen LogP contribution in [0.5, 0.6) is 0 Å². The summed E-state index contributed by atoms with van der Waals surface area (Å²) in [5, 5.41) is 9.98. The molecule has 0 radical (unpaired) electrons. The molecule has 1 aromatic heterocycles. The van der Waals surface area contributed by atoms with E-state index in [0.29, 0.717) is 10.7 Å². The molecule has 0 aliphatic carbocycles. The van der Waals surface area contributed by atoms with Crippen LogP contribution in [0.2, 0.25) is 0 Å². The van der Waals surface area contributed by atoms with Crippen molar-refractivity contribution in [3.63, 3.8) is 0 Å². The number of anilines is 1. The van der Waals surface area contributed by atoms with Crippen molar-refractivity contribution in [1.29, 1.82) is 0 Å². The van der Waals surface area contributed by atoms with Crippen LogP contribution in [0.15, 0.2) is 24.3 Å². The lowest BCUT2D eigenvalue weighted by Crippen LogP contribution is -2.11. The van der Waals surface area contributed by atoms with Gasteiger partial charge in [-0.3, -0.25) is 10.1 Å². The zero-order chi connectivity index (χ0) is 12.8. The second kappa shape index (κ2) is 5.86. The number of nitrogens with zero attached hydrogens (tertiary/aromatic N) is 3. The molecule has 18 heavy (non-hydrogen) atoms. The molecule has 1 heterocycles. The summed E-state index contributed by atoms with van der Waals surface area (Å²) < 4.78 is 3.56. The summed E-state index contributed by atoms with van der Waals surface area (Å²) >= 11 is 1.02. The number of carbonyl (C=O) groups is 1. The average Bonchev–Trinajstić information content (AvgIpc) is 2.89. The molecule has 0 bridgehead atoms. The number of hydrogen-bond donors (Lipinski definition) is 2. The molecule has 6 nitrogen and oxygen atoms in total. The predicted molar refractivity (Wildman–Crippen MR) is 68.0 cm³/mol. The summed E-state index contributed by atoms with van der Waals surface area (Å²) in [6.45, 7) is 0.285. The van der Waals surface area contributed by atoms with Crippen LogP contribution < -0.4 is 11.1 Å². The molecule has 0 saturated carbocycles. The molecule has 0 unspecified atom stereocenters. The lowest BCUT2D eigenvalue weighted by Gasteiger charge is -2.00. The van der Waals surface area contributed by atoms with Gasteiger partial charge in [-0.05, 0) is 23.4 Å². The molecular weight excluding hydrogens is 250 g/mol. The third-order valence-corrected chi connectivity index (χ3v) is 2.49. The Morgan fingerprint density at radius 3 is 3.11 bits per heavy atom. The van der Waals surface area contributed by atoms with E-state index in [1.165, 1.54) is 0 Å². The Kier molecular flexibility index (Phi) is 3.96. The Bertz CT molecular complexity index is 599. The minimum atomic E-state index is -0.273. The SMILES string of the molecule is NCC#Cc1cccc(C(=O)Nc2nnns2)c1. The van der Waals surface area contributed by atoms with Crippen molar-refractivity contribution in [3.05, 3.63) is 35.4 Å². The van der Waals surface area contributed by atoms with Gasteiger partial charge in [0, 0.05) is 22.7 Å². The number of carbonyl (C=O) groups excluding carboxylic acids is 1. The van der Waals surface area contributed by atoms with E-state index in [0.717, 1.165) is 17.1 Å². The number of nitrogens with one attached hydrogen (secondary N) is 1. The van der Waals surface area contributed by atoms with Crippen LogP contribution in [0, 0.1) is 11.8 Å². The maximum absolute atomic E-state index is 11.9. The molecule has 0 fully saturated rings. The number of nitrogens with two attached hydrogens (primary N) is 1. The fraction of sp³-hybridized carbons (Fsp3) is 0.0909. The second-order valence-electron chi connectivity index (χ2n) is 3.21. The lowest BCUT2D eigenvalue weighted by molar-refractivity contribution is 0.102. The third kappa shape index (κ3) is 3.10. The normalized spacial score (nSPS) is 9.39. The van der Waals surface area contributed by atoms with Crippen molar-refractivity contribution in [2.24, 2.45) is 5.73 Å². The first-order valence-corrected chi connectivity index (χ1v) is 5.82. The van der Waals surface area contributed by atoms with Gasteiger partial charge in [-0.25, -0.2) is 0 Å². The summed E-state index contributed by atoms with van der Waals surface area (Å²) in [5.41, 5.74) is 6.52. The second-order valence-corrected chi connectivity index (χ2v) is 3.94. The number of hydrogen-bond acceptors (Lipinski definition) is 6. The van der Waals surface area contributed by atoms with Crippen LogP contribution in [0.4, 0.5) is 5.13 Å². The molecular formula is C11H9N5OS. The minimum absolute atomic E-state index is 0.273. The average molecular weight is 259 g/mol. The van der Waals surface area contributed by atoms with Crippen molar-refractivity contribution in [3.8, 4) is 11.8 Å². The summed E-state index contributed by atoms with van der Waals surface area (Å²) in [6.07, 6.45) is 0. The summed E-state index contributed by atoms with van der Waals surface area (Å²) in [4.78, 5) is 11.9. The standard InChI is InChI=1S/C11H9N5OS/c12-6-2-4-8-3-1-5-9(7-8)10(17)13-11-14-15-16-18-11/h1,3,5,7H,6,12H2,(H,13,14,16,17). The van der Waals surface area contributed by atoms with Crippen LogP contribution in [0.3, 0.4) is 0 Å². The Morgan fingerprint density at radius 1 is 1.50 bits per heavy atom. The van der Waals surface area contributed by atoms with Gasteiger partial charge in [-0.15, -0.1) is 0 Å². The molecule has 0 aliphatic rings. The zero-order valence-corrected chi connectivity index (χ0v) is 10.1. The van der Waals surface area contributed by atoms with E-state index in [9.17, 15) is 4.79 Å². The highest BCUT2D eigenvalue weighted by molar-refractivity contribution is 7.09. The van der Waals surface area contributed by atoms with Crippen LogP contribution in [0.1, 0.15) is 15.9 Å². The number of amides is 1. The molecule has 1 aromatic carbocycles.